The van der Waals surface area contributed by atoms with Crippen LogP contribution in [0.2, 0.25) is 15.2 Å². The van der Waals surface area contributed by atoms with E-state index in [4.69, 9.17) is 34.8 Å². The molecule has 6 heteroatoms. The van der Waals surface area contributed by atoms with Gasteiger partial charge in [-0.2, -0.15) is 0 Å². The average molecular weight is 334 g/mol. The van der Waals surface area contributed by atoms with Crippen LogP contribution in [0.5, 0.6) is 0 Å². The van der Waals surface area contributed by atoms with Crippen molar-refractivity contribution < 1.29 is 4.39 Å². The van der Waals surface area contributed by atoms with Crippen LogP contribution in [0.25, 0.3) is 0 Å². The van der Waals surface area contributed by atoms with Crippen LogP contribution in [-0.2, 0) is 6.54 Å². The highest BCUT2D eigenvalue weighted by Gasteiger charge is 2.09. The molecule has 0 amide bonds. The number of aryl methyl sites for hydroxylation is 2. The van der Waals surface area contributed by atoms with Crippen LogP contribution in [0, 0.1) is 19.7 Å². The molecule has 1 heterocycles. The fourth-order valence-corrected chi connectivity index (χ4v) is 2.46. The number of anilines is 1. The minimum Gasteiger partial charge on any atom is -0.365 e. The SMILES string of the molecule is Cc1cc(CNc2nc(Cl)c(Cl)cc2Cl)cc(C)c1F. The van der Waals surface area contributed by atoms with Crippen LogP contribution in [0.4, 0.5) is 10.2 Å². The summed E-state index contributed by atoms with van der Waals surface area (Å²) in [6.07, 6.45) is 0. The first-order chi connectivity index (χ1) is 9.38. The minimum absolute atomic E-state index is 0.181. The van der Waals surface area contributed by atoms with Crippen molar-refractivity contribution in [3.8, 4) is 0 Å². The molecule has 1 aromatic carbocycles. The summed E-state index contributed by atoms with van der Waals surface area (Å²) in [5, 5.41) is 3.93. The van der Waals surface area contributed by atoms with Crippen molar-refractivity contribution in [3.05, 3.63) is 55.9 Å². The Morgan fingerprint density at radius 3 is 2.25 bits per heavy atom. The van der Waals surface area contributed by atoms with E-state index in [0.29, 0.717) is 33.5 Å². The Balaban J connectivity index is 2.19. The van der Waals surface area contributed by atoms with Gasteiger partial charge in [0.25, 0.3) is 0 Å². The zero-order valence-electron chi connectivity index (χ0n) is 10.9. The third kappa shape index (κ3) is 3.35. The van der Waals surface area contributed by atoms with E-state index >= 15 is 0 Å². The highest BCUT2D eigenvalue weighted by molar-refractivity contribution is 6.42. The number of nitrogens with zero attached hydrogens (tertiary/aromatic N) is 1. The molecular weight excluding hydrogens is 322 g/mol. The third-order valence-corrected chi connectivity index (χ3v) is 3.80. The van der Waals surface area contributed by atoms with E-state index in [1.165, 1.54) is 6.07 Å². The van der Waals surface area contributed by atoms with E-state index in [9.17, 15) is 4.39 Å². The lowest BCUT2D eigenvalue weighted by Crippen LogP contribution is -2.04. The predicted molar refractivity (Wildman–Crippen MR) is 82.5 cm³/mol. The summed E-state index contributed by atoms with van der Waals surface area (Å²) in [5.74, 6) is 0.264. The molecule has 2 nitrogen and oxygen atoms in total. The summed E-state index contributed by atoms with van der Waals surface area (Å²) in [6.45, 7) is 3.93. The summed E-state index contributed by atoms with van der Waals surface area (Å²) in [4.78, 5) is 4.07. The highest BCUT2D eigenvalue weighted by atomic mass is 35.5. The van der Waals surface area contributed by atoms with E-state index in [-0.39, 0.29) is 11.0 Å². The Hall–Kier alpha value is -1.03. The number of rotatable bonds is 3. The van der Waals surface area contributed by atoms with Crippen LogP contribution in [-0.4, -0.2) is 4.98 Å². The molecule has 0 saturated carbocycles. The molecule has 0 aliphatic rings. The van der Waals surface area contributed by atoms with Gasteiger partial charge in [-0.3, -0.25) is 0 Å². The summed E-state index contributed by atoms with van der Waals surface area (Å²) >= 11 is 17.7. The number of hydrogen-bond acceptors (Lipinski definition) is 2. The van der Waals surface area contributed by atoms with Crippen molar-refractivity contribution in [2.45, 2.75) is 20.4 Å². The number of halogens is 4. The quantitative estimate of drug-likeness (QED) is 0.760. The molecular formula is C14H12Cl3FN2. The van der Waals surface area contributed by atoms with Crippen LogP contribution in [0.3, 0.4) is 0 Å². The van der Waals surface area contributed by atoms with Crippen molar-refractivity contribution in [2.75, 3.05) is 5.32 Å². The van der Waals surface area contributed by atoms with E-state index in [1.807, 2.05) is 0 Å². The molecule has 2 aromatic rings. The van der Waals surface area contributed by atoms with E-state index < -0.39 is 0 Å². The van der Waals surface area contributed by atoms with Gasteiger partial charge in [-0.25, -0.2) is 9.37 Å². The van der Waals surface area contributed by atoms with E-state index in [0.717, 1.165) is 5.56 Å². The van der Waals surface area contributed by atoms with Gasteiger partial charge >= 0.3 is 0 Å². The second-order valence-electron chi connectivity index (χ2n) is 4.49. The van der Waals surface area contributed by atoms with Crippen LogP contribution >= 0.6 is 34.8 Å². The van der Waals surface area contributed by atoms with Gasteiger partial charge in [-0.15, -0.1) is 0 Å². The maximum absolute atomic E-state index is 13.5. The lowest BCUT2D eigenvalue weighted by Gasteiger charge is -2.10. The Morgan fingerprint density at radius 1 is 1.05 bits per heavy atom. The van der Waals surface area contributed by atoms with E-state index in [1.54, 1.807) is 26.0 Å². The zero-order chi connectivity index (χ0) is 14.9. The van der Waals surface area contributed by atoms with Crippen molar-refractivity contribution in [3.63, 3.8) is 0 Å². The number of aromatic nitrogens is 1. The summed E-state index contributed by atoms with van der Waals surface area (Å²) in [7, 11) is 0. The van der Waals surface area contributed by atoms with Gasteiger partial charge in [0.15, 0.2) is 0 Å². The van der Waals surface area contributed by atoms with Crippen molar-refractivity contribution in [1.29, 1.82) is 0 Å². The second-order valence-corrected chi connectivity index (χ2v) is 5.66. The van der Waals surface area contributed by atoms with Gasteiger partial charge in [0.1, 0.15) is 16.8 Å². The molecule has 0 radical (unpaired) electrons. The topological polar surface area (TPSA) is 24.9 Å². The molecule has 0 bridgehead atoms. The molecule has 0 fully saturated rings. The summed E-state index contributed by atoms with van der Waals surface area (Å²) in [5.41, 5.74) is 2.15. The Bertz CT molecular complexity index is 636. The fourth-order valence-electron chi connectivity index (χ4n) is 1.89. The number of hydrogen-bond donors (Lipinski definition) is 1. The van der Waals surface area contributed by atoms with Gasteiger partial charge in [-0.1, -0.05) is 46.9 Å². The maximum atomic E-state index is 13.5. The minimum atomic E-state index is -0.181. The predicted octanol–water partition coefficient (Wildman–Crippen LogP) is 5.41. The molecule has 0 aliphatic carbocycles. The van der Waals surface area contributed by atoms with Gasteiger partial charge in [-0.05, 0) is 36.6 Å². The van der Waals surface area contributed by atoms with Gasteiger partial charge in [0, 0.05) is 6.54 Å². The summed E-state index contributed by atoms with van der Waals surface area (Å²) in [6, 6.07) is 5.09. The monoisotopic (exact) mass is 332 g/mol. The largest absolute Gasteiger partial charge is 0.365 e. The average Bonchev–Trinajstić information content (AvgIpc) is 2.38. The Kier molecular flexibility index (Phi) is 4.74. The summed E-state index contributed by atoms with van der Waals surface area (Å²) < 4.78 is 13.5. The van der Waals surface area contributed by atoms with Crippen molar-refractivity contribution in [2.24, 2.45) is 0 Å². The first-order valence-corrected chi connectivity index (χ1v) is 7.03. The normalized spacial score (nSPS) is 10.7. The molecule has 20 heavy (non-hydrogen) atoms. The lowest BCUT2D eigenvalue weighted by molar-refractivity contribution is 0.608. The first-order valence-electron chi connectivity index (χ1n) is 5.89. The number of benzene rings is 1. The smallest absolute Gasteiger partial charge is 0.150 e. The molecule has 2 rings (SSSR count). The molecule has 1 aromatic heterocycles. The van der Waals surface area contributed by atoms with Crippen molar-refractivity contribution >= 4 is 40.6 Å². The standard InChI is InChI=1S/C14H12Cl3FN2/c1-7-3-9(4-8(2)12(7)18)6-19-14-11(16)5-10(15)13(17)20-14/h3-5H,6H2,1-2H3,(H,19,20). The molecule has 0 spiro atoms. The third-order valence-electron chi connectivity index (χ3n) is 2.84. The maximum Gasteiger partial charge on any atom is 0.150 e. The molecule has 0 unspecified atom stereocenters. The molecule has 106 valence electrons. The molecule has 0 atom stereocenters. The number of pyridine rings is 1. The van der Waals surface area contributed by atoms with Gasteiger partial charge in [0.2, 0.25) is 0 Å². The van der Waals surface area contributed by atoms with Crippen molar-refractivity contribution in [1.82, 2.24) is 4.98 Å². The highest BCUT2D eigenvalue weighted by Crippen LogP contribution is 2.29. The fraction of sp³-hybridized carbons (Fsp3) is 0.214. The lowest BCUT2D eigenvalue weighted by atomic mass is 10.1. The van der Waals surface area contributed by atoms with Crippen LogP contribution in [0.15, 0.2) is 18.2 Å². The second kappa shape index (κ2) is 6.17. The van der Waals surface area contributed by atoms with Crippen LogP contribution in [0.1, 0.15) is 16.7 Å². The Labute approximate surface area is 131 Å². The van der Waals surface area contributed by atoms with Gasteiger partial charge in [0.05, 0.1) is 10.0 Å². The van der Waals surface area contributed by atoms with E-state index in [2.05, 4.69) is 10.3 Å². The molecule has 0 saturated heterocycles. The number of nitrogens with one attached hydrogen (secondary N) is 1. The van der Waals surface area contributed by atoms with Gasteiger partial charge < -0.3 is 5.32 Å². The molecule has 0 aliphatic heterocycles. The Morgan fingerprint density at radius 2 is 1.65 bits per heavy atom. The van der Waals surface area contributed by atoms with Crippen LogP contribution < -0.4 is 5.32 Å². The first kappa shape index (κ1) is 15.4. The zero-order valence-corrected chi connectivity index (χ0v) is 13.2. The molecule has 1 N–H and O–H groups in total.